The smallest absolute Gasteiger partial charge is 0.266 e. The van der Waals surface area contributed by atoms with E-state index < -0.39 is 0 Å². The summed E-state index contributed by atoms with van der Waals surface area (Å²) in [5.41, 5.74) is 1.73. The maximum Gasteiger partial charge on any atom is 0.266 e. The lowest BCUT2D eigenvalue weighted by molar-refractivity contribution is -0.121. The molecule has 1 heterocycles. The van der Waals surface area contributed by atoms with Crippen molar-refractivity contribution < 1.29 is 9.53 Å². The molecule has 0 N–H and O–H groups in total. The molecule has 0 aliphatic carbocycles. The highest BCUT2D eigenvalue weighted by molar-refractivity contribution is 8.18. The quantitative estimate of drug-likeness (QED) is 0.662. The summed E-state index contributed by atoms with van der Waals surface area (Å²) in [5, 5.41) is 1.84. The van der Waals surface area contributed by atoms with Crippen molar-refractivity contribution in [2.45, 2.75) is 6.61 Å². The Kier molecular flexibility index (Phi) is 5.91. The van der Waals surface area contributed by atoms with Crippen molar-refractivity contribution in [3.8, 4) is 5.75 Å². The number of ether oxygens (including phenoxy) is 1. The third-order valence-corrected chi connectivity index (χ3v) is 5.50. The van der Waals surface area contributed by atoms with Crippen LogP contribution in [-0.2, 0) is 11.4 Å². The first-order valence-electron chi connectivity index (χ1n) is 7.79. The van der Waals surface area contributed by atoms with Crippen molar-refractivity contribution in [2.75, 3.05) is 14.1 Å². The number of carbonyl (C=O) groups is 1. The van der Waals surface area contributed by atoms with Crippen molar-refractivity contribution >= 4 is 52.1 Å². The van der Waals surface area contributed by atoms with Gasteiger partial charge in [-0.3, -0.25) is 14.7 Å². The topological polar surface area (TPSA) is 41.9 Å². The Balaban J connectivity index is 1.74. The van der Waals surface area contributed by atoms with Gasteiger partial charge in [-0.05, 0) is 47.7 Å². The van der Waals surface area contributed by atoms with Crippen molar-refractivity contribution in [1.29, 1.82) is 0 Å². The summed E-state index contributed by atoms with van der Waals surface area (Å²) < 4.78 is 5.83. The molecule has 0 atom stereocenters. The van der Waals surface area contributed by atoms with Gasteiger partial charge in [0.05, 0.1) is 4.91 Å². The van der Waals surface area contributed by atoms with E-state index in [-0.39, 0.29) is 5.91 Å². The van der Waals surface area contributed by atoms with Gasteiger partial charge >= 0.3 is 0 Å². The highest BCUT2D eigenvalue weighted by Gasteiger charge is 2.29. The van der Waals surface area contributed by atoms with Crippen LogP contribution in [0.2, 0.25) is 10.0 Å². The van der Waals surface area contributed by atoms with Gasteiger partial charge in [0.2, 0.25) is 0 Å². The minimum absolute atomic E-state index is 0.0603. The molecule has 7 heteroatoms. The van der Waals surface area contributed by atoms with E-state index in [0.717, 1.165) is 11.1 Å². The normalized spacial score (nSPS) is 17.4. The number of aliphatic imine (C=N–C) groups is 1. The molecule has 0 unspecified atom stereocenters. The van der Waals surface area contributed by atoms with Crippen molar-refractivity contribution in [3.05, 3.63) is 68.5 Å². The lowest BCUT2D eigenvalue weighted by Gasteiger charge is -2.09. The summed E-state index contributed by atoms with van der Waals surface area (Å²) in [6.07, 6.45) is 1.84. The summed E-state index contributed by atoms with van der Waals surface area (Å²) in [4.78, 5) is 18.5. The number of benzene rings is 2. The van der Waals surface area contributed by atoms with Gasteiger partial charge in [0.25, 0.3) is 5.91 Å². The van der Waals surface area contributed by atoms with Crippen LogP contribution in [0.15, 0.2) is 52.4 Å². The number of hydrogen-bond acceptors (Lipinski definition) is 4. The zero-order valence-corrected chi connectivity index (χ0v) is 16.5. The van der Waals surface area contributed by atoms with Gasteiger partial charge in [0, 0.05) is 29.7 Å². The summed E-state index contributed by atoms with van der Waals surface area (Å²) in [6, 6.07) is 12.9. The Labute approximate surface area is 166 Å². The zero-order valence-electron chi connectivity index (χ0n) is 14.2. The van der Waals surface area contributed by atoms with Gasteiger partial charge in [-0.15, -0.1) is 0 Å². The van der Waals surface area contributed by atoms with E-state index in [2.05, 4.69) is 4.99 Å². The molecule has 2 aromatic rings. The van der Waals surface area contributed by atoms with Crippen LogP contribution in [0.25, 0.3) is 6.08 Å². The predicted octanol–water partition coefficient (Wildman–Crippen LogP) is 5.10. The number of halogens is 2. The first-order valence-corrected chi connectivity index (χ1v) is 9.36. The van der Waals surface area contributed by atoms with Crippen LogP contribution < -0.4 is 4.74 Å². The summed E-state index contributed by atoms with van der Waals surface area (Å²) >= 11 is 13.4. The molecule has 0 bridgehead atoms. The Morgan fingerprint density at radius 3 is 2.73 bits per heavy atom. The number of amidine groups is 1. The Morgan fingerprint density at radius 1 is 1.23 bits per heavy atom. The van der Waals surface area contributed by atoms with E-state index in [1.165, 1.54) is 11.8 Å². The van der Waals surface area contributed by atoms with Gasteiger partial charge in [-0.1, -0.05) is 41.4 Å². The van der Waals surface area contributed by atoms with Crippen LogP contribution in [0.4, 0.5) is 0 Å². The van der Waals surface area contributed by atoms with Gasteiger partial charge in [-0.25, -0.2) is 0 Å². The van der Waals surface area contributed by atoms with E-state index in [4.69, 9.17) is 27.9 Å². The van der Waals surface area contributed by atoms with Crippen molar-refractivity contribution in [3.63, 3.8) is 0 Å². The van der Waals surface area contributed by atoms with Gasteiger partial charge in [0.15, 0.2) is 5.17 Å². The Bertz CT molecular complexity index is 912. The zero-order chi connectivity index (χ0) is 18.7. The number of hydrogen-bond donors (Lipinski definition) is 0. The second-order valence-electron chi connectivity index (χ2n) is 5.58. The highest BCUT2D eigenvalue weighted by atomic mass is 35.5. The number of carbonyl (C=O) groups excluding carboxylic acids is 1. The van der Waals surface area contributed by atoms with Crippen molar-refractivity contribution in [2.24, 2.45) is 4.99 Å². The van der Waals surface area contributed by atoms with Gasteiger partial charge in [0.1, 0.15) is 12.4 Å². The van der Waals surface area contributed by atoms with E-state index in [0.29, 0.717) is 32.5 Å². The van der Waals surface area contributed by atoms with Crippen LogP contribution in [-0.4, -0.2) is 30.1 Å². The molecule has 2 aromatic carbocycles. The summed E-state index contributed by atoms with van der Waals surface area (Å²) in [7, 11) is 3.39. The molecule has 3 rings (SSSR count). The van der Waals surface area contributed by atoms with Crippen LogP contribution in [0, 0.1) is 0 Å². The lowest BCUT2D eigenvalue weighted by Crippen LogP contribution is -2.23. The number of rotatable bonds is 4. The molecule has 0 spiro atoms. The first-order chi connectivity index (χ1) is 12.5. The van der Waals surface area contributed by atoms with Crippen LogP contribution in [0.5, 0.6) is 5.75 Å². The number of nitrogens with zero attached hydrogens (tertiary/aromatic N) is 2. The van der Waals surface area contributed by atoms with Gasteiger partial charge in [-0.2, -0.15) is 0 Å². The number of thioether (sulfide) groups is 1. The molecular weight excluding hydrogens is 391 g/mol. The molecule has 1 aliphatic heterocycles. The Hall–Kier alpha value is -1.95. The summed E-state index contributed by atoms with van der Waals surface area (Å²) in [6.45, 7) is 0.332. The lowest BCUT2D eigenvalue weighted by atomic mass is 10.2. The standard InChI is InChI=1S/C19H16Cl2N2O2S/c1-22-19-23(2)18(24)17(26-19)9-12-4-3-5-15(8-12)25-11-13-6-7-14(20)10-16(13)21/h3-10H,11H2,1-2H3. The van der Waals surface area contributed by atoms with Gasteiger partial charge < -0.3 is 4.74 Å². The molecule has 4 nitrogen and oxygen atoms in total. The van der Waals surface area contributed by atoms with Crippen LogP contribution in [0.1, 0.15) is 11.1 Å². The van der Waals surface area contributed by atoms with E-state index >= 15 is 0 Å². The average Bonchev–Trinajstić information content (AvgIpc) is 2.89. The molecule has 1 saturated heterocycles. The molecule has 1 aliphatic rings. The molecule has 26 heavy (non-hydrogen) atoms. The second kappa shape index (κ2) is 8.16. The predicted molar refractivity (Wildman–Crippen MR) is 109 cm³/mol. The van der Waals surface area contributed by atoms with Crippen LogP contribution in [0.3, 0.4) is 0 Å². The molecular formula is C19H16Cl2N2O2S. The monoisotopic (exact) mass is 406 g/mol. The fraction of sp³-hybridized carbons (Fsp3) is 0.158. The molecule has 0 saturated carbocycles. The van der Waals surface area contributed by atoms with Crippen LogP contribution >= 0.6 is 35.0 Å². The maximum atomic E-state index is 12.2. The van der Waals surface area contributed by atoms with Crippen molar-refractivity contribution in [1.82, 2.24) is 4.90 Å². The average molecular weight is 407 g/mol. The minimum Gasteiger partial charge on any atom is -0.489 e. The first kappa shape index (κ1) is 18.8. The molecule has 134 valence electrons. The fourth-order valence-corrected chi connectivity index (χ4v) is 3.78. The molecule has 1 amide bonds. The summed E-state index contributed by atoms with van der Waals surface area (Å²) in [5.74, 6) is 0.633. The third kappa shape index (κ3) is 4.23. The molecule has 1 fully saturated rings. The molecule has 0 radical (unpaired) electrons. The third-order valence-electron chi connectivity index (χ3n) is 3.76. The van der Waals surface area contributed by atoms with E-state index in [1.54, 1.807) is 31.1 Å². The second-order valence-corrected chi connectivity index (χ2v) is 7.43. The Morgan fingerprint density at radius 2 is 2.04 bits per heavy atom. The SMILES string of the molecule is CN=C1SC(=Cc2cccc(OCc3ccc(Cl)cc3Cl)c2)C(=O)N1C. The number of amides is 1. The van der Waals surface area contributed by atoms with E-state index in [1.807, 2.05) is 36.4 Å². The highest BCUT2D eigenvalue weighted by Crippen LogP contribution is 2.31. The minimum atomic E-state index is -0.0603. The maximum absolute atomic E-state index is 12.2. The molecule has 0 aromatic heterocycles. The van der Waals surface area contributed by atoms with E-state index in [9.17, 15) is 4.79 Å². The fourth-order valence-electron chi connectivity index (χ4n) is 2.39. The number of likely N-dealkylation sites (N-methyl/N-ethyl adjacent to an activating group) is 1. The largest absolute Gasteiger partial charge is 0.489 e.